The number of amides is 2. The zero-order valence-corrected chi connectivity index (χ0v) is 17.7. The number of pyridine rings is 2. The van der Waals surface area contributed by atoms with Crippen LogP contribution in [0.1, 0.15) is 31.8 Å². The first-order chi connectivity index (χ1) is 15.2. The summed E-state index contributed by atoms with van der Waals surface area (Å²) in [5.41, 5.74) is 1.23. The quantitative estimate of drug-likeness (QED) is 0.624. The number of hydrogen-bond acceptors (Lipinski definition) is 7. The molecule has 0 bridgehead atoms. The van der Waals surface area contributed by atoms with E-state index in [4.69, 9.17) is 9.47 Å². The molecule has 31 heavy (non-hydrogen) atoms. The van der Waals surface area contributed by atoms with Crippen molar-refractivity contribution < 1.29 is 19.1 Å². The SMILES string of the molecule is O=C(c1ccccn1)N1CCO[C@@H](c2c(C(=O)N3CCOCC3)sc3ncccc23)C1. The van der Waals surface area contributed by atoms with Gasteiger partial charge in [-0.15, -0.1) is 11.3 Å². The maximum atomic E-state index is 13.4. The molecule has 2 aliphatic heterocycles. The van der Waals surface area contributed by atoms with Gasteiger partial charge >= 0.3 is 0 Å². The number of nitrogens with zero attached hydrogens (tertiary/aromatic N) is 4. The van der Waals surface area contributed by atoms with Crippen LogP contribution in [-0.4, -0.2) is 77.6 Å². The zero-order chi connectivity index (χ0) is 21.2. The summed E-state index contributed by atoms with van der Waals surface area (Å²) in [6.45, 7) is 3.45. The van der Waals surface area contributed by atoms with Crippen LogP contribution in [0.3, 0.4) is 0 Å². The Morgan fingerprint density at radius 2 is 1.74 bits per heavy atom. The standard InChI is InChI=1S/C22H22N4O4S/c27-21(16-5-1-2-6-23-16)26-10-13-30-17(14-26)18-15-4-3-7-24-20(15)31-19(18)22(28)25-8-11-29-12-9-25/h1-7,17H,8-14H2/t17-/m1/s1. The fraction of sp³-hybridized carbons (Fsp3) is 0.364. The number of carbonyl (C=O) groups excluding carboxylic acids is 2. The summed E-state index contributed by atoms with van der Waals surface area (Å²) >= 11 is 1.39. The molecule has 160 valence electrons. The van der Waals surface area contributed by atoms with Crippen molar-refractivity contribution >= 4 is 33.4 Å². The van der Waals surface area contributed by atoms with Gasteiger partial charge in [-0.05, 0) is 18.2 Å². The molecule has 8 nitrogen and oxygen atoms in total. The summed E-state index contributed by atoms with van der Waals surface area (Å²) in [7, 11) is 0. The van der Waals surface area contributed by atoms with Crippen LogP contribution in [0.15, 0.2) is 42.7 Å². The molecular formula is C22H22N4O4S. The molecule has 2 fully saturated rings. The maximum Gasteiger partial charge on any atom is 0.272 e. The van der Waals surface area contributed by atoms with E-state index in [2.05, 4.69) is 9.97 Å². The number of ether oxygens (including phenoxy) is 2. The lowest BCUT2D eigenvalue weighted by atomic mass is 10.0. The van der Waals surface area contributed by atoms with Gasteiger partial charge in [-0.25, -0.2) is 4.98 Å². The summed E-state index contributed by atoms with van der Waals surface area (Å²) in [5, 5.41) is 0.904. The van der Waals surface area contributed by atoms with Gasteiger partial charge in [0.15, 0.2) is 0 Å². The topological polar surface area (TPSA) is 84.9 Å². The van der Waals surface area contributed by atoms with E-state index in [0.717, 1.165) is 15.8 Å². The van der Waals surface area contributed by atoms with Gasteiger partial charge in [-0.1, -0.05) is 12.1 Å². The molecule has 0 N–H and O–H groups in total. The van der Waals surface area contributed by atoms with Crippen LogP contribution in [0.5, 0.6) is 0 Å². The lowest BCUT2D eigenvalue weighted by Crippen LogP contribution is -2.43. The van der Waals surface area contributed by atoms with Crippen LogP contribution in [0, 0.1) is 0 Å². The first kappa shape index (κ1) is 20.0. The second-order valence-electron chi connectivity index (χ2n) is 7.43. The van der Waals surface area contributed by atoms with E-state index in [1.54, 1.807) is 35.5 Å². The minimum absolute atomic E-state index is 0.0296. The minimum atomic E-state index is -0.403. The molecule has 3 aromatic heterocycles. The van der Waals surface area contributed by atoms with Gasteiger partial charge in [0.05, 0.1) is 26.4 Å². The van der Waals surface area contributed by atoms with E-state index >= 15 is 0 Å². The summed E-state index contributed by atoms with van der Waals surface area (Å²) in [6.07, 6.45) is 2.94. The predicted molar refractivity (Wildman–Crippen MR) is 115 cm³/mol. The molecule has 3 aromatic rings. The molecular weight excluding hydrogens is 416 g/mol. The summed E-state index contributed by atoms with van der Waals surface area (Å²) < 4.78 is 11.5. The molecule has 2 saturated heterocycles. The van der Waals surface area contributed by atoms with Crippen LogP contribution in [0.2, 0.25) is 0 Å². The molecule has 0 aromatic carbocycles. The van der Waals surface area contributed by atoms with Crippen molar-refractivity contribution in [3.8, 4) is 0 Å². The van der Waals surface area contributed by atoms with E-state index in [0.29, 0.717) is 56.6 Å². The van der Waals surface area contributed by atoms with Gasteiger partial charge in [0.25, 0.3) is 11.8 Å². The summed E-state index contributed by atoms with van der Waals surface area (Å²) in [6, 6.07) is 9.13. The van der Waals surface area contributed by atoms with Crippen LogP contribution in [-0.2, 0) is 9.47 Å². The van der Waals surface area contributed by atoms with Gasteiger partial charge in [-0.2, -0.15) is 0 Å². The molecule has 0 spiro atoms. The highest BCUT2D eigenvalue weighted by atomic mass is 32.1. The number of aromatic nitrogens is 2. The Morgan fingerprint density at radius 1 is 0.935 bits per heavy atom. The molecule has 2 amide bonds. The second kappa shape index (κ2) is 8.70. The second-order valence-corrected chi connectivity index (χ2v) is 8.43. The van der Waals surface area contributed by atoms with Crippen LogP contribution < -0.4 is 0 Å². The molecule has 9 heteroatoms. The van der Waals surface area contributed by atoms with Gasteiger partial charge < -0.3 is 19.3 Å². The average molecular weight is 439 g/mol. The lowest BCUT2D eigenvalue weighted by Gasteiger charge is -2.34. The van der Waals surface area contributed by atoms with Gasteiger partial charge in [-0.3, -0.25) is 14.6 Å². The Hall–Kier alpha value is -2.88. The predicted octanol–water partition coefficient (Wildman–Crippen LogP) is 2.38. The fourth-order valence-electron chi connectivity index (χ4n) is 4.00. The summed E-state index contributed by atoms with van der Waals surface area (Å²) in [4.78, 5) is 40.0. The van der Waals surface area contributed by atoms with Crippen LogP contribution in [0.4, 0.5) is 0 Å². The monoisotopic (exact) mass is 438 g/mol. The molecule has 0 saturated carbocycles. The van der Waals surface area contributed by atoms with Crippen molar-refractivity contribution in [2.24, 2.45) is 0 Å². The third kappa shape index (κ3) is 3.91. The Bertz CT molecular complexity index is 1100. The average Bonchev–Trinajstić information content (AvgIpc) is 3.24. The Labute approximate surface area is 183 Å². The van der Waals surface area contributed by atoms with Crippen molar-refractivity contribution in [2.75, 3.05) is 46.0 Å². The molecule has 1 atom stereocenters. The highest BCUT2D eigenvalue weighted by Crippen LogP contribution is 2.38. The van der Waals surface area contributed by atoms with Crippen molar-refractivity contribution in [3.63, 3.8) is 0 Å². The molecule has 0 radical (unpaired) electrons. The molecule has 0 unspecified atom stereocenters. The number of carbonyl (C=O) groups is 2. The van der Waals surface area contributed by atoms with E-state index in [-0.39, 0.29) is 11.8 Å². The highest BCUT2D eigenvalue weighted by Gasteiger charge is 2.34. The number of morpholine rings is 2. The maximum absolute atomic E-state index is 13.4. The Balaban J connectivity index is 1.48. The third-order valence-electron chi connectivity index (χ3n) is 5.56. The van der Waals surface area contributed by atoms with Crippen LogP contribution in [0.25, 0.3) is 10.2 Å². The van der Waals surface area contributed by atoms with Crippen molar-refractivity contribution in [1.82, 2.24) is 19.8 Å². The summed E-state index contributed by atoms with van der Waals surface area (Å²) in [5.74, 6) is -0.161. The number of fused-ring (bicyclic) bond motifs is 1. The lowest BCUT2D eigenvalue weighted by molar-refractivity contribution is -0.0227. The first-order valence-electron chi connectivity index (χ1n) is 10.3. The largest absolute Gasteiger partial charge is 0.378 e. The van der Waals surface area contributed by atoms with Gasteiger partial charge in [0.1, 0.15) is 21.5 Å². The Morgan fingerprint density at radius 3 is 2.55 bits per heavy atom. The van der Waals surface area contributed by atoms with E-state index < -0.39 is 6.10 Å². The minimum Gasteiger partial charge on any atom is -0.378 e. The normalized spacial score (nSPS) is 19.5. The number of rotatable bonds is 3. The van der Waals surface area contributed by atoms with E-state index in [1.165, 1.54) is 11.3 Å². The highest BCUT2D eigenvalue weighted by molar-refractivity contribution is 7.20. The Kier molecular flexibility index (Phi) is 5.63. The molecule has 0 aliphatic carbocycles. The zero-order valence-electron chi connectivity index (χ0n) is 16.9. The van der Waals surface area contributed by atoms with E-state index in [1.807, 2.05) is 17.0 Å². The molecule has 5 rings (SSSR count). The van der Waals surface area contributed by atoms with Gasteiger partial charge in [0, 0.05) is 43.0 Å². The van der Waals surface area contributed by atoms with Gasteiger partial charge in [0.2, 0.25) is 0 Å². The van der Waals surface area contributed by atoms with E-state index in [9.17, 15) is 9.59 Å². The van der Waals surface area contributed by atoms with Crippen molar-refractivity contribution in [3.05, 3.63) is 58.9 Å². The molecule has 5 heterocycles. The van der Waals surface area contributed by atoms with Crippen molar-refractivity contribution in [2.45, 2.75) is 6.10 Å². The molecule has 2 aliphatic rings. The third-order valence-corrected chi connectivity index (χ3v) is 6.67. The smallest absolute Gasteiger partial charge is 0.272 e. The fourth-order valence-corrected chi connectivity index (χ4v) is 5.16. The number of hydrogen-bond donors (Lipinski definition) is 0. The number of thiophene rings is 1. The van der Waals surface area contributed by atoms with Crippen LogP contribution >= 0.6 is 11.3 Å². The van der Waals surface area contributed by atoms with Crippen molar-refractivity contribution in [1.29, 1.82) is 0 Å². The first-order valence-corrected chi connectivity index (χ1v) is 11.1.